The fourth-order valence-corrected chi connectivity index (χ4v) is 2.00. The van der Waals surface area contributed by atoms with Crippen LogP contribution in [0, 0.1) is 0 Å². The van der Waals surface area contributed by atoms with Crippen molar-refractivity contribution in [3.8, 4) is 5.75 Å². The van der Waals surface area contributed by atoms with Crippen LogP contribution in [0.3, 0.4) is 0 Å². The second kappa shape index (κ2) is 12.4. The largest absolute Gasteiger partial charge is 0.484 e. The number of hydrogen-bond acceptors (Lipinski definition) is 3. The highest BCUT2D eigenvalue weighted by atomic mass is 19.4. The first-order valence-corrected chi connectivity index (χ1v) is 8.75. The Hall–Kier alpha value is -1.96. The molecule has 0 unspecified atom stereocenters. The van der Waals surface area contributed by atoms with Crippen LogP contribution in [-0.4, -0.2) is 45.5 Å². The normalized spacial score (nSPS) is 12.1. The van der Waals surface area contributed by atoms with Crippen LogP contribution in [0.25, 0.3) is 0 Å². The van der Waals surface area contributed by atoms with E-state index in [1.54, 1.807) is 19.2 Å². The highest BCUT2D eigenvalue weighted by molar-refractivity contribution is 5.79. The molecule has 1 rings (SSSR count). The van der Waals surface area contributed by atoms with E-state index in [2.05, 4.69) is 27.3 Å². The standard InChI is InChI=1S/C18H28F3N3O2/c1-3-4-11-25-12-5-10-23-17(22-2)24-13-15-6-8-16(9-7-15)26-14-18(19,20)21/h6-9H,3-5,10-14H2,1-2H3,(H2,22,23,24). The quantitative estimate of drug-likeness (QED) is 0.353. The molecular weight excluding hydrogens is 347 g/mol. The molecule has 148 valence electrons. The van der Waals surface area contributed by atoms with Crippen LogP contribution in [0.4, 0.5) is 13.2 Å². The number of nitrogens with one attached hydrogen (secondary N) is 2. The molecule has 0 saturated carbocycles. The van der Waals surface area contributed by atoms with Gasteiger partial charge in [-0.05, 0) is 30.5 Å². The lowest BCUT2D eigenvalue weighted by atomic mass is 10.2. The summed E-state index contributed by atoms with van der Waals surface area (Å²) in [4.78, 5) is 4.13. The lowest BCUT2D eigenvalue weighted by Gasteiger charge is -2.13. The van der Waals surface area contributed by atoms with Crippen LogP contribution in [0.5, 0.6) is 5.75 Å². The minimum atomic E-state index is -4.33. The summed E-state index contributed by atoms with van der Waals surface area (Å²) in [5.41, 5.74) is 0.912. The number of nitrogens with zero attached hydrogens (tertiary/aromatic N) is 1. The monoisotopic (exact) mass is 375 g/mol. The van der Waals surface area contributed by atoms with Crippen LogP contribution in [0.15, 0.2) is 29.3 Å². The molecule has 0 aliphatic carbocycles. The zero-order valence-corrected chi connectivity index (χ0v) is 15.4. The predicted octanol–water partition coefficient (Wildman–Crippen LogP) is 3.50. The molecule has 0 spiro atoms. The van der Waals surface area contributed by atoms with Gasteiger partial charge in [-0.3, -0.25) is 4.99 Å². The average Bonchev–Trinajstić information content (AvgIpc) is 2.62. The van der Waals surface area contributed by atoms with E-state index in [0.29, 0.717) is 19.1 Å². The van der Waals surface area contributed by atoms with Crippen LogP contribution in [0.1, 0.15) is 31.7 Å². The van der Waals surface area contributed by atoms with Crippen LogP contribution >= 0.6 is 0 Å². The Kier molecular flexibility index (Phi) is 10.5. The van der Waals surface area contributed by atoms with Crippen LogP contribution in [0.2, 0.25) is 0 Å². The number of rotatable bonds is 11. The molecule has 5 nitrogen and oxygen atoms in total. The van der Waals surface area contributed by atoms with Crippen molar-refractivity contribution in [3.63, 3.8) is 0 Å². The van der Waals surface area contributed by atoms with Crippen LogP contribution in [-0.2, 0) is 11.3 Å². The first-order valence-electron chi connectivity index (χ1n) is 8.75. The molecule has 2 N–H and O–H groups in total. The first-order chi connectivity index (χ1) is 12.4. The van der Waals surface area contributed by atoms with Gasteiger partial charge < -0.3 is 20.1 Å². The number of guanidine groups is 1. The number of alkyl halides is 3. The lowest BCUT2D eigenvalue weighted by molar-refractivity contribution is -0.153. The van der Waals surface area contributed by atoms with Crippen LogP contribution < -0.4 is 15.4 Å². The van der Waals surface area contributed by atoms with E-state index in [4.69, 9.17) is 4.74 Å². The Morgan fingerprint density at radius 3 is 2.38 bits per heavy atom. The molecule has 0 fully saturated rings. The Labute approximate surface area is 153 Å². The number of benzene rings is 1. The molecule has 0 aromatic heterocycles. The molecular formula is C18H28F3N3O2. The van der Waals surface area contributed by atoms with Gasteiger partial charge in [0.2, 0.25) is 0 Å². The molecule has 0 aliphatic rings. The van der Waals surface area contributed by atoms with Gasteiger partial charge in [0.05, 0.1) is 0 Å². The van der Waals surface area contributed by atoms with Gasteiger partial charge in [-0.25, -0.2) is 0 Å². The summed E-state index contributed by atoms with van der Waals surface area (Å²) in [6.45, 7) is 3.60. The van der Waals surface area contributed by atoms with Gasteiger partial charge in [-0.1, -0.05) is 25.5 Å². The number of ether oxygens (including phenoxy) is 2. The van der Waals surface area contributed by atoms with Gasteiger partial charge in [0.15, 0.2) is 12.6 Å². The molecule has 0 amide bonds. The zero-order chi connectivity index (χ0) is 19.3. The Morgan fingerprint density at radius 2 is 1.77 bits per heavy atom. The number of unbranched alkanes of at least 4 members (excludes halogenated alkanes) is 1. The summed E-state index contributed by atoms with van der Waals surface area (Å²) in [5, 5.41) is 6.34. The zero-order valence-electron chi connectivity index (χ0n) is 15.4. The van der Waals surface area contributed by atoms with Crippen molar-refractivity contribution >= 4 is 5.96 Å². The second-order valence-corrected chi connectivity index (χ2v) is 5.72. The summed E-state index contributed by atoms with van der Waals surface area (Å²) < 4.78 is 46.5. The maximum Gasteiger partial charge on any atom is 0.422 e. The minimum absolute atomic E-state index is 0.191. The fourth-order valence-electron chi connectivity index (χ4n) is 2.00. The predicted molar refractivity (Wildman–Crippen MR) is 96.5 cm³/mol. The molecule has 0 atom stereocenters. The summed E-state index contributed by atoms with van der Waals surface area (Å²) in [7, 11) is 1.68. The third kappa shape index (κ3) is 10.8. The highest BCUT2D eigenvalue weighted by Gasteiger charge is 2.28. The van der Waals surface area contributed by atoms with E-state index in [1.165, 1.54) is 12.1 Å². The smallest absolute Gasteiger partial charge is 0.422 e. The molecule has 0 heterocycles. The fraction of sp³-hybridized carbons (Fsp3) is 0.611. The van der Waals surface area contributed by atoms with E-state index in [9.17, 15) is 13.2 Å². The van der Waals surface area contributed by atoms with E-state index >= 15 is 0 Å². The van der Waals surface area contributed by atoms with Gasteiger partial charge in [0.25, 0.3) is 0 Å². The molecule has 0 bridgehead atoms. The van der Waals surface area contributed by atoms with Gasteiger partial charge in [0, 0.05) is 33.4 Å². The minimum Gasteiger partial charge on any atom is -0.484 e. The molecule has 1 aromatic carbocycles. The van der Waals surface area contributed by atoms with E-state index in [1.807, 2.05) is 0 Å². The molecule has 0 saturated heterocycles. The van der Waals surface area contributed by atoms with Crippen molar-refractivity contribution in [2.45, 2.75) is 38.9 Å². The van der Waals surface area contributed by atoms with Gasteiger partial charge >= 0.3 is 6.18 Å². The molecule has 26 heavy (non-hydrogen) atoms. The maximum atomic E-state index is 12.1. The van der Waals surface area contributed by atoms with Crippen molar-refractivity contribution in [2.24, 2.45) is 4.99 Å². The summed E-state index contributed by atoms with van der Waals surface area (Å²) in [6, 6.07) is 6.47. The Bertz CT molecular complexity index is 519. The van der Waals surface area contributed by atoms with Crippen molar-refractivity contribution in [2.75, 3.05) is 33.4 Å². The van der Waals surface area contributed by atoms with Gasteiger partial charge in [-0.15, -0.1) is 0 Å². The van der Waals surface area contributed by atoms with E-state index in [-0.39, 0.29) is 5.75 Å². The Morgan fingerprint density at radius 1 is 1.08 bits per heavy atom. The topological polar surface area (TPSA) is 54.9 Å². The molecule has 0 radical (unpaired) electrons. The van der Waals surface area contributed by atoms with Gasteiger partial charge in [0.1, 0.15) is 5.75 Å². The summed E-state index contributed by atoms with van der Waals surface area (Å²) >= 11 is 0. The lowest BCUT2D eigenvalue weighted by Crippen LogP contribution is -2.37. The summed E-state index contributed by atoms with van der Waals surface area (Å²) in [6.07, 6.45) is -1.24. The van der Waals surface area contributed by atoms with Gasteiger partial charge in [-0.2, -0.15) is 13.2 Å². The van der Waals surface area contributed by atoms with Crippen molar-refractivity contribution < 1.29 is 22.6 Å². The second-order valence-electron chi connectivity index (χ2n) is 5.72. The van der Waals surface area contributed by atoms with Crippen molar-refractivity contribution in [1.29, 1.82) is 0 Å². The van der Waals surface area contributed by atoms with Crippen molar-refractivity contribution in [1.82, 2.24) is 10.6 Å². The number of halogens is 3. The third-order valence-electron chi connectivity index (χ3n) is 3.41. The average molecular weight is 375 g/mol. The molecule has 1 aromatic rings. The number of hydrogen-bond donors (Lipinski definition) is 2. The number of aliphatic imine (C=N–C) groups is 1. The molecule has 0 aliphatic heterocycles. The van der Waals surface area contributed by atoms with E-state index in [0.717, 1.165) is 38.0 Å². The SMILES string of the molecule is CCCCOCCCNC(=NC)NCc1ccc(OCC(F)(F)F)cc1. The van der Waals surface area contributed by atoms with Crippen molar-refractivity contribution in [3.05, 3.63) is 29.8 Å². The van der Waals surface area contributed by atoms with E-state index < -0.39 is 12.8 Å². The first kappa shape index (κ1) is 22.1. The molecule has 8 heteroatoms. The third-order valence-corrected chi connectivity index (χ3v) is 3.41. The highest BCUT2D eigenvalue weighted by Crippen LogP contribution is 2.18. The summed E-state index contributed by atoms with van der Waals surface area (Å²) in [5.74, 6) is 0.854. The Balaban J connectivity index is 2.24. The maximum absolute atomic E-state index is 12.1.